The van der Waals surface area contributed by atoms with Gasteiger partial charge in [0, 0.05) is 0 Å². The van der Waals surface area contributed by atoms with E-state index in [4.69, 9.17) is 5.11 Å². The Morgan fingerprint density at radius 1 is 1.35 bits per heavy atom. The second-order valence-electron chi connectivity index (χ2n) is 4.56. The molecule has 4 nitrogen and oxygen atoms in total. The molecule has 0 radical (unpaired) electrons. The molecular formula is C13H17NO3. The van der Waals surface area contributed by atoms with Crippen molar-refractivity contribution in [3.8, 4) is 0 Å². The summed E-state index contributed by atoms with van der Waals surface area (Å²) in [6, 6.07) is 6.74. The SMILES string of the molecule is CN1CCCC(O)C1c1ccc(C(=O)O)cc1. The lowest BCUT2D eigenvalue weighted by atomic mass is 9.92. The Labute approximate surface area is 100 Å². The molecule has 0 saturated carbocycles. The van der Waals surface area contributed by atoms with Gasteiger partial charge < -0.3 is 10.2 Å². The second-order valence-corrected chi connectivity index (χ2v) is 4.56. The molecule has 92 valence electrons. The fraction of sp³-hybridized carbons (Fsp3) is 0.462. The summed E-state index contributed by atoms with van der Waals surface area (Å²) < 4.78 is 0. The van der Waals surface area contributed by atoms with Crippen molar-refractivity contribution in [1.82, 2.24) is 4.90 Å². The molecule has 1 aliphatic heterocycles. The first kappa shape index (κ1) is 12.1. The molecule has 1 aromatic carbocycles. The quantitative estimate of drug-likeness (QED) is 0.815. The molecular weight excluding hydrogens is 218 g/mol. The summed E-state index contributed by atoms with van der Waals surface area (Å²) in [6.07, 6.45) is 1.43. The number of hydrogen-bond donors (Lipinski definition) is 2. The highest BCUT2D eigenvalue weighted by Gasteiger charge is 2.28. The predicted molar refractivity (Wildman–Crippen MR) is 64.0 cm³/mol. The van der Waals surface area contributed by atoms with Crippen LogP contribution in [0.5, 0.6) is 0 Å². The number of likely N-dealkylation sites (N-methyl/N-ethyl adjacent to an activating group) is 1. The molecule has 2 rings (SSSR count). The van der Waals surface area contributed by atoms with Crippen LogP contribution in [0.4, 0.5) is 0 Å². The summed E-state index contributed by atoms with van der Waals surface area (Å²) in [6.45, 7) is 0.961. The molecule has 1 aromatic rings. The maximum absolute atomic E-state index is 10.8. The number of carboxylic acids is 1. The average Bonchev–Trinajstić information content (AvgIpc) is 2.29. The monoisotopic (exact) mass is 235 g/mol. The fourth-order valence-electron chi connectivity index (χ4n) is 2.44. The zero-order chi connectivity index (χ0) is 12.4. The molecule has 17 heavy (non-hydrogen) atoms. The van der Waals surface area contributed by atoms with Crippen LogP contribution in [-0.2, 0) is 0 Å². The highest BCUT2D eigenvalue weighted by Crippen LogP contribution is 2.29. The topological polar surface area (TPSA) is 60.8 Å². The van der Waals surface area contributed by atoms with Crippen molar-refractivity contribution in [1.29, 1.82) is 0 Å². The zero-order valence-corrected chi connectivity index (χ0v) is 9.84. The van der Waals surface area contributed by atoms with Gasteiger partial charge in [0.05, 0.1) is 17.7 Å². The van der Waals surface area contributed by atoms with E-state index in [1.54, 1.807) is 24.3 Å². The summed E-state index contributed by atoms with van der Waals surface area (Å²) in [5, 5.41) is 18.8. The van der Waals surface area contributed by atoms with Gasteiger partial charge in [0.25, 0.3) is 0 Å². The molecule has 0 aliphatic carbocycles. The minimum atomic E-state index is -0.922. The van der Waals surface area contributed by atoms with Crippen LogP contribution in [0.1, 0.15) is 34.8 Å². The number of aromatic carboxylic acids is 1. The summed E-state index contributed by atoms with van der Waals surface area (Å²) in [4.78, 5) is 12.9. The van der Waals surface area contributed by atoms with Crippen molar-refractivity contribution in [3.05, 3.63) is 35.4 Å². The van der Waals surface area contributed by atoms with E-state index in [9.17, 15) is 9.90 Å². The Balaban J connectivity index is 2.23. The maximum Gasteiger partial charge on any atom is 0.335 e. The van der Waals surface area contributed by atoms with Crippen molar-refractivity contribution in [2.75, 3.05) is 13.6 Å². The van der Waals surface area contributed by atoms with Gasteiger partial charge in [-0.2, -0.15) is 0 Å². The standard InChI is InChI=1S/C13H17NO3/c1-14-8-2-3-11(15)12(14)9-4-6-10(7-5-9)13(16)17/h4-7,11-12,15H,2-3,8H2,1H3,(H,16,17). The van der Waals surface area contributed by atoms with E-state index in [1.165, 1.54) is 0 Å². The number of nitrogens with zero attached hydrogens (tertiary/aromatic N) is 1. The predicted octanol–water partition coefficient (Wildman–Crippen LogP) is 1.51. The lowest BCUT2D eigenvalue weighted by Crippen LogP contribution is -2.39. The van der Waals surface area contributed by atoms with Gasteiger partial charge >= 0.3 is 5.97 Å². The summed E-state index contributed by atoms with van der Waals surface area (Å²) in [5.41, 5.74) is 1.26. The van der Waals surface area contributed by atoms with E-state index >= 15 is 0 Å². The van der Waals surface area contributed by atoms with Crippen LogP contribution in [-0.4, -0.2) is 40.8 Å². The first-order valence-electron chi connectivity index (χ1n) is 5.81. The van der Waals surface area contributed by atoms with Crippen molar-refractivity contribution < 1.29 is 15.0 Å². The van der Waals surface area contributed by atoms with Gasteiger partial charge in [0.1, 0.15) is 0 Å². The number of carbonyl (C=O) groups is 1. The van der Waals surface area contributed by atoms with Gasteiger partial charge in [0.15, 0.2) is 0 Å². The van der Waals surface area contributed by atoms with Crippen LogP contribution in [0, 0.1) is 0 Å². The number of hydrogen-bond acceptors (Lipinski definition) is 3. The van der Waals surface area contributed by atoms with Gasteiger partial charge in [-0.05, 0) is 44.1 Å². The Morgan fingerprint density at radius 3 is 2.53 bits per heavy atom. The van der Waals surface area contributed by atoms with Gasteiger partial charge in [0.2, 0.25) is 0 Å². The fourth-order valence-corrected chi connectivity index (χ4v) is 2.44. The highest BCUT2D eigenvalue weighted by molar-refractivity contribution is 5.87. The van der Waals surface area contributed by atoms with Crippen molar-refractivity contribution in [3.63, 3.8) is 0 Å². The molecule has 0 bridgehead atoms. The van der Waals surface area contributed by atoms with Crippen LogP contribution >= 0.6 is 0 Å². The largest absolute Gasteiger partial charge is 0.478 e. The number of likely N-dealkylation sites (tertiary alicyclic amines) is 1. The molecule has 2 unspecified atom stereocenters. The van der Waals surface area contributed by atoms with E-state index in [0.29, 0.717) is 0 Å². The molecule has 1 heterocycles. The van der Waals surface area contributed by atoms with Gasteiger partial charge in [-0.1, -0.05) is 12.1 Å². The third-order valence-electron chi connectivity index (χ3n) is 3.35. The van der Waals surface area contributed by atoms with E-state index in [1.807, 2.05) is 7.05 Å². The molecule has 0 amide bonds. The smallest absolute Gasteiger partial charge is 0.335 e. The highest BCUT2D eigenvalue weighted by atomic mass is 16.4. The van der Waals surface area contributed by atoms with Crippen LogP contribution in [0.15, 0.2) is 24.3 Å². The van der Waals surface area contributed by atoms with Crippen LogP contribution < -0.4 is 0 Å². The molecule has 0 spiro atoms. The number of aliphatic hydroxyl groups is 1. The summed E-state index contributed by atoms with van der Waals surface area (Å²) in [7, 11) is 1.98. The first-order valence-corrected chi connectivity index (χ1v) is 5.81. The van der Waals surface area contributed by atoms with Gasteiger partial charge in [-0.15, -0.1) is 0 Å². The Hall–Kier alpha value is -1.39. The first-order chi connectivity index (χ1) is 8.09. The van der Waals surface area contributed by atoms with E-state index in [-0.39, 0.29) is 17.7 Å². The van der Waals surface area contributed by atoms with Crippen molar-refractivity contribution in [2.24, 2.45) is 0 Å². The molecule has 2 atom stereocenters. The third-order valence-corrected chi connectivity index (χ3v) is 3.35. The normalized spacial score (nSPS) is 25.8. The summed E-state index contributed by atoms with van der Waals surface area (Å²) >= 11 is 0. The van der Waals surface area contributed by atoms with Gasteiger partial charge in [-0.25, -0.2) is 4.79 Å². The molecule has 1 saturated heterocycles. The molecule has 0 aromatic heterocycles. The molecule has 1 aliphatic rings. The van der Waals surface area contributed by atoms with Crippen LogP contribution in [0.2, 0.25) is 0 Å². The third kappa shape index (κ3) is 2.48. The molecule has 2 N–H and O–H groups in total. The number of rotatable bonds is 2. The van der Waals surface area contributed by atoms with Gasteiger partial charge in [-0.3, -0.25) is 4.90 Å². The minimum absolute atomic E-state index is 0.0217. The lowest BCUT2D eigenvalue weighted by molar-refractivity contribution is 0.0241. The maximum atomic E-state index is 10.8. The Bertz CT molecular complexity index is 392. The van der Waals surface area contributed by atoms with Crippen LogP contribution in [0.25, 0.3) is 0 Å². The Morgan fingerprint density at radius 2 is 2.00 bits per heavy atom. The van der Waals surface area contributed by atoms with Crippen LogP contribution in [0.3, 0.4) is 0 Å². The van der Waals surface area contributed by atoms with E-state index < -0.39 is 5.97 Å². The lowest BCUT2D eigenvalue weighted by Gasteiger charge is -2.36. The average molecular weight is 235 g/mol. The second kappa shape index (κ2) is 4.85. The minimum Gasteiger partial charge on any atom is -0.478 e. The zero-order valence-electron chi connectivity index (χ0n) is 9.84. The number of carboxylic acid groups (broad SMARTS) is 1. The van der Waals surface area contributed by atoms with E-state index in [2.05, 4.69) is 4.90 Å². The van der Waals surface area contributed by atoms with E-state index in [0.717, 1.165) is 24.9 Å². The summed E-state index contributed by atoms with van der Waals surface area (Å²) in [5.74, 6) is -0.922. The molecule has 4 heteroatoms. The molecule has 1 fully saturated rings. The Kier molecular flexibility index (Phi) is 3.45. The van der Waals surface area contributed by atoms with Crippen molar-refractivity contribution in [2.45, 2.75) is 25.0 Å². The number of aliphatic hydroxyl groups excluding tert-OH is 1. The van der Waals surface area contributed by atoms with Crippen molar-refractivity contribution >= 4 is 5.97 Å². The number of piperidine rings is 1. The number of benzene rings is 1.